The molecule has 0 aliphatic heterocycles. The summed E-state index contributed by atoms with van der Waals surface area (Å²) < 4.78 is 0. The largest absolute Gasteiger partial charge is 0.389 e. The number of hydrogen-bond acceptors (Lipinski definition) is 4. The number of rotatable bonds is 6. The van der Waals surface area contributed by atoms with E-state index in [1.54, 1.807) is 25.3 Å². The predicted molar refractivity (Wildman–Crippen MR) is 70.6 cm³/mol. The molecular formula is C12H18N2O3S. The first-order valence-corrected chi connectivity index (χ1v) is 6.62. The normalized spacial score (nSPS) is 11.1. The van der Waals surface area contributed by atoms with E-state index in [0.717, 1.165) is 0 Å². The number of thiophene rings is 1. The SMILES string of the molecule is CC(C)(O)CNC(=O)CCNC(=O)c1ccsc1. The molecule has 0 saturated heterocycles. The van der Waals surface area contributed by atoms with E-state index in [1.807, 2.05) is 5.38 Å². The zero-order chi connectivity index (χ0) is 13.6. The van der Waals surface area contributed by atoms with Crippen molar-refractivity contribution in [3.63, 3.8) is 0 Å². The zero-order valence-corrected chi connectivity index (χ0v) is 11.3. The number of carbonyl (C=O) groups is 2. The number of aliphatic hydroxyl groups is 1. The molecule has 0 fully saturated rings. The summed E-state index contributed by atoms with van der Waals surface area (Å²) in [6, 6.07) is 1.73. The van der Waals surface area contributed by atoms with Gasteiger partial charge in [-0.15, -0.1) is 0 Å². The van der Waals surface area contributed by atoms with Crippen molar-refractivity contribution in [1.82, 2.24) is 10.6 Å². The third kappa shape index (κ3) is 5.79. The molecule has 2 amide bonds. The molecular weight excluding hydrogens is 252 g/mol. The van der Waals surface area contributed by atoms with Gasteiger partial charge in [-0.1, -0.05) is 0 Å². The lowest BCUT2D eigenvalue weighted by molar-refractivity contribution is -0.121. The van der Waals surface area contributed by atoms with Crippen LogP contribution in [0.1, 0.15) is 30.6 Å². The Balaban J connectivity index is 2.18. The van der Waals surface area contributed by atoms with E-state index in [-0.39, 0.29) is 31.3 Å². The Kier molecular flexibility index (Phi) is 5.30. The Morgan fingerprint density at radius 2 is 2.11 bits per heavy atom. The van der Waals surface area contributed by atoms with Crippen LogP contribution in [0.5, 0.6) is 0 Å². The monoisotopic (exact) mass is 270 g/mol. The van der Waals surface area contributed by atoms with Crippen molar-refractivity contribution >= 4 is 23.2 Å². The van der Waals surface area contributed by atoms with E-state index >= 15 is 0 Å². The summed E-state index contributed by atoms with van der Waals surface area (Å²) in [7, 11) is 0. The molecule has 0 spiro atoms. The van der Waals surface area contributed by atoms with Crippen LogP contribution in [-0.4, -0.2) is 35.6 Å². The van der Waals surface area contributed by atoms with Gasteiger partial charge in [0.1, 0.15) is 0 Å². The summed E-state index contributed by atoms with van der Waals surface area (Å²) in [5.41, 5.74) is -0.313. The average molecular weight is 270 g/mol. The first-order valence-electron chi connectivity index (χ1n) is 5.68. The molecule has 0 aliphatic carbocycles. The fraction of sp³-hybridized carbons (Fsp3) is 0.500. The fourth-order valence-electron chi connectivity index (χ4n) is 1.19. The van der Waals surface area contributed by atoms with E-state index in [4.69, 9.17) is 0 Å². The van der Waals surface area contributed by atoms with Gasteiger partial charge in [-0.05, 0) is 25.3 Å². The standard InChI is InChI=1S/C12H18N2O3S/c1-12(2,17)8-14-10(15)3-5-13-11(16)9-4-6-18-7-9/h4,6-7,17H,3,5,8H2,1-2H3,(H,13,16)(H,14,15). The molecule has 3 N–H and O–H groups in total. The van der Waals surface area contributed by atoms with Gasteiger partial charge in [-0.3, -0.25) is 9.59 Å². The quantitative estimate of drug-likeness (QED) is 0.714. The van der Waals surface area contributed by atoms with Gasteiger partial charge >= 0.3 is 0 Å². The Morgan fingerprint density at radius 1 is 1.39 bits per heavy atom. The molecule has 0 unspecified atom stereocenters. The second kappa shape index (κ2) is 6.51. The number of amides is 2. The van der Waals surface area contributed by atoms with Crippen molar-refractivity contribution in [2.75, 3.05) is 13.1 Å². The maximum Gasteiger partial charge on any atom is 0.252 e. The molecule has 0 atom stereocenters. The van der Waals surface area contributed by atoms with Crippen LogP contribution in [0.3, 0.4) is 0 Å². The molecule has 0 saturated carbocycles. The molecule has 100 valence electrons. The molecule has 18 heavy (non-hydrogen) atoms. The third-order valence-corrected chi connectivity index (χ3v) is 2.82. The molecule has 1 heterocycles. The van der Waals surface area contributed by atoms with Crippen molar-refractivity contribution in [3.8, 4) is 0 Å². The second-order valence-corrected chi connectivity index (χ2v) is 5.39. The lowest BCUT2D eigenvalue weighted by atomic mass is 10.1. The van der Waals surface area contributed by atoms with Crippen molar-refractivity contribution in [2.45, 2.75) is 25.9 Å². The van der Waals surface area contributed by atoms with Crippen LogP contribution in [0.2, 0.25) is 0 Å². The number of nitrogens with one attached hydrogen (secondary N) is 2. The molecule has 0 aromatic carbocycles. The van der Waals surface area contributed by atoms with Crippen LogP contribution in [0.4, 0.5) is 0 Å². The predicted octanol–water partition coefficient (Wildman–Crippen LogP) is 0.755. The van der Waals surface area contributed by atoms with Gasteiger partial charge in [0.25, 0.3) is 5.91 Å². The van der Waals surface area contributed by atoms with Crippen molar-refractivity contribution in [2.24, 2.45) is 0 Å². The molecule has 5 nitrogen and oxygen atoms in total. The molecule has 0 aliphatic rings. The van der Waals surface area contributed by atoms with E-state index in [9.17, 15) is 14.7 Å². The summed E-state index contributed by atoms with van der Waals surface area (Å²) in [6.45, 7) is 3.72. The molecule has 1 rings (SSSR count). The average Bonchev–Trinajstić information content (AvgIpc) is 2.78. The van der Waals surface area contributed by atoms with Gasteiger partial charge < -0.3 is 15.7 Å². The highest BCUT2D eigenvalue weighted by Crippen LogP contribution is 2.05. The van der Waals surface area contributed by atoms with E-state index in [2.05, 4.69) is 10.6 Å². The van der Waals surface area contributed by atoms with Crippen molar-refractivity contribution in [3.05, 3.63) is 22.4 Å². The lowest BCUT2D eigenvalue weighted by Gasteiger charge is -2.17. The maximum atomic E-state index is 11.5. The lowest BCUT2D eigenvalue weighted by Crippen LogP contribution is -2.39. The Morgan fingerprint density at radius 3 is 2.67 bits per heavy atom. The fourth-order valence-corrected chi connectivity index (χ4v) is 1.82. The highest BCUT2D eigenvalue weighted by molar-refractivity contribution is 7.08. The molecule has 1 aromatic heterocycles. The molecule has 0 bridgehead atoms. The maximum absolute atomic E-state index is 11.5. The Bertz CT molecular complexity index is 396. The van der Waals surface area contributed by atoms with Crippen LogP contribution >= 0.6 is 11.3 Å². The third-order valence-electron chi connectivity index (χ3n) is 2.14. The summed E-state index contributed by atoms with van der Waals surface area (Å²) in [4.78, 5) is 22.9. The first kappa shape index (κ1) is 14.7. The summed E-state index contributed by atoms with van der Waals surface area (Å²) in [5, 5.41) is 18.3. The van der Waals surface area contributed by atoms with Crippen LogP contribution in [0.15, 0.2) is 16.8 Å². The minimum absolute atomic E-state index is 0.175. The van der Waals surface area contributed by atoms with E-state index in [0.29, 0.717) is 5.56 Å². The minimum Gasteiger partial charge on any atom is -0.389 e. The van der Waals surface area contributed by atoms with E-state index < -0.39 is 5.60 Å². The Hall–Kier alpha value is -1.40. The second-order valence-electron chi connectivity index (χ2n) is 4.61. The molecule has 0 radical (unpaired) electrons. The summed E-state index contributed by atoms with van der Waals surface area (Å²) in [5.74, 6) is -0.366. The highest BCUT2D eigenvalue weighted by atomic mass is 32.1. The molecule has 6 heteroatoms. The highest BCUT2D eigenvalue weighted by Gasteiger charge is 2.13. The van der Waals surface area contributed by atoms with Gasteiger partial charge in [0.2, 0.25) is 5.91 Å². The van der Waals surface area contributed by atoms with Gasteiger partial charge in [-0.25, -0.2) is 0 Å². The number of carbonyl (C=O) groups excluding carboxylic acids is 2. The van der Waals surface area contributed by atoms with Crippen LogP contribution < -0.4 is 10.6 Å². The first-order chi connectivity index (χ1) is 8.38. The van der Waals surface area contributed by atoms with Crippen LogP contribution in [0, 0.1) is 0 Å². The van der Waals surface area contributed by atoms with Crippen LogP contribution in [0.25, 0.3) is 0 Å². The molecule has 1 aromatic rings. The minimum atomic E-state index is -0.921. The number of hydrogen-bond donors (Lipinski definition) is 3. The van der Waals surface area contributed by atoms with Gasteiger partial charge in [0, 0.05) is 30.5 Å². The van der Waals surface area contributed by atoms with E-state index in [1.165, 1.54) is 11.3 Å². The van der Waals surface area contributed by atoms with Gasteiger partial charge in [0.05, 0.1) is 5.60 Å². The zero-order valence-electron chi connectivity index (χ0n) is 10.5. The summed E-state index contributed by atoms with van der Waals surface area (Å²) in [6.07, 6.45) is 0.200. The smallest absolute Gasteiger partial charge is 0.252 e. The van der Waals surface area contributed by atoms with Gasteiger partial charge in [0.15, 0.2) is 0 Å². The van der Waals surface area contributed by atoms with Crippen LogP contribution in [-0.2, 0) is 4.79 Å². The Labute approximate surface area is 110 Å². The van der Waals surface area contributed by atoms with Crippen molar-refractivity contribution in [1.29, 1.82) is 0 Å². The topological polar surface area (TPSA) is 78.4 Å². The summed E-state index contributed by atoms with van der Waals surface area (Å²) >= 11 is 1.45. The van der Waals surface area contributed by atoms with Gasteiger partial charge in [-0.2, -0.15) is 11.3 Å². The van der Waals surface area contributed by atoms with Crippen molar-refractivity contribution < 1.29 is 14.7 Å².